The highest BCUT2D eigenvalue weighted by Gasteiger charge is 2.10. The molecule has 0 aliphatic heterocycles. The third-order valence-electron chi connectivity index (χ3n) is 1.10. The minimum atomic E-state index is -0.374. The molecule has 0 aliphatic carbocycles. The molecule has 0 rings (SSSR count). The molecule has 5 nitrogen and oxygen atoms in total. The Bertz CT molecular complexity index is 130. The summed E-state index contributed by atoms with van der Waals surface area (Å²) < 4.78 is 0. The summed E-state index contributed by atoms with van der Waals surface area (Å²) in [4.78, 5) is 20.8. The highest BCUT2D eigenvalue weighted by Crippen LogP contribution is 1.90. The summed E-state index contributed by atoms with van der Waals surface area (Å²) in [5.41, 5.74) is 2.23. The van der Waals surface area contributed by atoms with Crippen molar-refractivity contribution in [3.63, 3.8) is 0 Å². The Morgan fingerprint density at radius 2 is 2.00 bits per heavy atom. The van der Waals surface area contributed by atoms with Crippen LogP contribution in [0.1, 0.15) is 20.8 Å². The van der Waals surface area contributed by atoms with Gasteiger partial charge < -0.3 is 0 Å². The van der Waals surface area contributed by atoms with Gasteiger partial charge in [0, 0.05) is 6.54 Å². The summed E-state index contributed by atoms with van der Waals surface area (Å²) in [5.74, 6) is 0. The van der Waals surface area contributed by atoms with E-state index in [0.717, 1.165) is 0 Å². The number of urea groups is 1. The maximum absolute atomic E-state index is 11.1. The van der Waals surface area contributed by atoms with Gasteiger partial charge in [0.05, 0.1) is 13.2 Å². The number of amides is 2. The van der Waals surface area contributed by atoms with Crippen molar-refractivity contribution >= 4 is 6.03 Å². The van der Waals surface area contributed by atoms with Crippen LogP contribution in [0, 0.1) is 0 Å². The van der Waals surface area contributed by atoms with Crippen molar-refractivity contribution in [2.24, 2.45) is 0 Å². The molecule has 0 heterocycles. The molecule has 2 amide bonds. The Kier molecular flexibility index (Phi) is 6.41. The van der Waals surface area contributed by atoms with E-state index in [4.69, 9.17) is 9.68 Å². The lowest BCUT2D eigenvalue weighted by Crippen LogP contribution is -2.39. The van der Waals surface area contributed by atoms with Crippen LogP contribution < -0.4 is 5.48 Å². The van der Waals surface area contributed by atoms with Crippen LogP contribution in [-0.4, -0.2) is 30.9 Å². The largest absolute Gasteiger partial charge is 0.365 e. The fraction of sp³-hybridized carbons (Fsp3) is 0.857. The van der Waals surface area contributed by atoms with Crippen LogP contribution in [0.2, 0.25) is 0 Å². The van der Waals surface area contributed by atoms with Gasteiger partial charge in [-0.2, -0.15) is 0 Å². The summed E-state index contributed by atoms with van der Waals surface area (Å²) in [6.07, 6.45) is 0. The molecule has 0 spiro atoms. The quantitative estimate of drug-likeness (QED) is 0.634. The summed E-state index contributed by atoms with van der Waals surface area (Å²) in [7, 11) is 0. The summed E-state index contributed by atoms with van der Waals surface area (Å²) in [6.45, 7) is 6.82. The highest BCUT2D eigenvalue weighted by atomic mass is 16.7. The van der Waals surface area contributed by atoms with E-state index in [1.165, 1.54) is 5.06 Å². The molecule has 1 N–H and O–H groups in total. The molecular weight excluding hydrogens is 160 g/mol. The SMILES string of the molecule is CCONC(=O)N(CC)OCC. The van der Waals surface area contributed by atoms with Gasteiger partial charge in [0.15, 0.2) is 0 Å². The lowest BCUT2D eigenvalue weighted by molar-refractivity contribution is -0.119. The number of nitrogens with one attached hydrogen (secondary N) is 1. The molecule has 0 fully saturated rings. The van der Waals surface area contributed by atoms with E-state index in [2.05, 4.69) is 5.48 Å². The van der Waals surface area contributed by atoms with E-state index < -0.39 is 0 Å². The Balaban J connectivity index is 3.69. The smallest absolute Gasteiger partial charge is 0.272 e. The lowest BCUT2D eigenvalue weighted by atomic mass is 10.7. The number of nitrogens with zero attached hydrogens (tertiary/aromatic N) is 1. The number of carbonyl (C=O) groups excluding carboxylic acids is 1. The molecule has 0 aromatic heterocycles. The second-order valence-corrected chi connectivity index (χ2v) is 1.95. The third-order valence-corrected chi connectivity index (χ3v) is 1.10. The van der Waals surface area contributed by atoms with Crippen molar-refractivity contribution in [2.45, 2.75) is 20.8 Å². The molecule has 0 saturated carbocycles. The second-order valence-electron chi connectivity index (χ2n) is 1.95. The first kappa shape index (κ1) is 11.2. The standard InChI is InChI=1S/C7H16N2O3/c1-4-9(12-6-3)7(10)8-11-5-2/h4-6H2,1-3H3,(H,8,10). The first-order chi connectivity index (χ1) is 5.76. The van der Waals surface area contributed by atoms with Crippen molar-refractivity contribution in [3.8, 4) is 0 Å². The van der Waals surface area contributed by atoms with E-state index in [1.807, 2.05) is 13.8 Å². The minimum Gasteiger partial charge on any atom is -0.272 e. The maximum Gasteiger partial charge on any atom is 0.365 e. The summed E-state index contributed by atoms with van der Waals surface area (Å²) in [5, 5.41) is 1.20. The Morgan fingerprint density at radius 3 is 2.42 bits per heavy atom. The molecule has 12 heavy (non-hydrogen) atoms. The van der Waals surface area contributed by atoms with Crippen LogP contribution >= 0.6 is 0 Å². The van der Waals surface area contributed by atoms with E-state index in [-0.39, 0.29) is 6.03 Å². The van der Waals surface area contributed by atoms with Gasteiger partial charge in [-0.25, -0.2) is 15.3 Å². The van der Waals surface area contributed by atoms with Crippen molar-refractivity contribution < 1.29 is 14.5 Å². The van der Waals surface area contributed by atoms with E-state index in [0.29, 0.717) is 19.8 Å². The first-order valence-corrected chi connectivity index (χ1v) is 4.08. The zero-order valence-corrected chi connectivity index (χ0v) is 7.79. The zero-order valence-electron chi connectivity index (χ0n) is 7.79. The monoisotopic (exact) mass is 176 g/mol. The Hall–Kier alpha value is -0.810. The number of hydrogen-bond donors (Lipinski definition) is 1. The van der Waals surface area contributed by atoms with Gasteiger partial charge in [0.2, 0.25) is 0 Å². The van der Waals surface area contributed by atoms with Crippen LogP contribution in [0.5, 0.6) is 0 Å². The summed E-state index contributed by atoms with van der Waals surface area (Å²) >= 11 is 0. The molecule has 0 unspecified atom stereocenters. The molecule has 0 aromatic rings. The van der Waals surface area contributed by atoms with Gasteiger partial charge in [-0.15, -0.1) is 0 Å². The van der Waals surface area contributed by atoms with E-state index in [1.54, 1.807) is 6.92 Å². The second kappa shape index (κ2) is 6.87. The molecule has 0 bridgehead atoms. The van der Waals surface area contributed by atoms with Crippen molar-refractivity contribution in [1.29, 1.82) is 0 Å². The molecule has 5 heteroatoms. The Morgan fingerprint density at radius 1 is 1.33 bits per heavy atom. The normalized spacial score (nSPS) is 9.58. The molecule has 0 aliphatic rings. The maximum atomic E-state index is 11.1. The van der Waals surface area contributed by atoms with Crippen LogP contribution in [0.4, 0.5) is 4.79 Å². The number of carbonyl (C=O) groups is 1. The van der Waals surface area contributed by atoms with Crippen molar-refractivity contribution in [2.75, 3.05) is 19.8 Å². The predicted molar refractivity (Wildman–Crippen MR) is 44.2 cm³/mol. The highest BCUT2D eigenvalue weighted by molar-refractivity contribution is 5.71. The van der Waals surface area contributed by atoms with Crippen molar-refractivity contribution in [3.05, 3.63) is 0 Å². The average Bonchev–Trinajstić information content (AvgIpc) is 2.10. The van der Waals surface area contributed by atoms with Gasteiger partial charge in [0.25, 0.3) is 0 Å². The summed E-state index contributed by atoms with van der Waals surface area (Å²) in [6, 6.07) is -0.374. The van der Waals surface area contributed by atoms with Crippen LogP contribution in [-0.2, 0) is 9.68 Å². The van der Waals surface area contributed by atoms with Crippen molar-refractivity contribution in [1.82, 2.24) is 10.5 Å². The average molecular weight is 176 g/mol. The predicted octanol–water partition coefficient (Wildman–Crippen LogP) is 0.921. The van der Waals surface area contributed by atoms with E-state index in [9.17, 15) is 4.79 Å². The fourth-order valence-corrected chi connectivity index (χ4v) is 0.634. The van der Waals surface area contributed by atoms with Crippen LogP contribution in [0.15, 0.2) is 0 Å². The van der Waals surface area contributed by atoms with Gasteiger partial charge in [-0.3, -0.25) is 9.68 Å². The van der Waals surface area contributed by atoms with Gasteiger partial charge in [-0.05, 0) is 20.8 Å². The molecule has 72 valence electrons. The molecule has 0 radical (unpaired) electrons. The van der Waals surface area contributed by atoms with Crippen LogP contribution in [0.25, 0.3) is 0 Å². The van der Waals surface area contributed by atoms with Gasteiger partial charge in [0.1, 0.15) is 0 Å². The zero-order chi connectivity index (χ0) is 9.40. The molecule has 0 atom stereocenters. The molecule has 0 aromatic carbocycles. The minimum absolute atomic E-state index is 0.374. The molecular formula is C7H16N2O3. The topological polar surface area (TPSA) is 50.8 Å². The lowest BCUT2D eigenvalue weighted by Gasteiger charge is -2.18. The Labute approximate surface area is 72.5 Å². The van der Waals surface area contributed by atoms with Gasteiger partial charge >= 0.3 is 6.03 Å². The first-order valence-electron chi connectivity index (χ1n) is 4.08. The number of hydrogen-bond acceptors (Lipinski definition) is 3. The van der Waals surface area contributed by atoms with Crippen LogP contribution in [0.3, 0.4) is 0 Å². The fourth-order valence-electron chi connectivity index (χ4n) is 0.634. The third kappa shape index (κ3) is 4.15. The number of rotatable bonds is 5. The van der Waals surface area contributed by atoms with Gasteiger partial charge in [-0.1, -0.05) is 0 Å². The van der Waals surface area contributed by atoms with E-state index >= 15 is 0 Å². The number of hydroxylamine groups is 3. The molecule has 0 saturated heterocycles.